The van der Waals surface area contributed by atoms with E-state index >= 15 is 0 Å². The van der Waals surface area contributed by atoms with Crippen molar-refractivity contribution in [3.63, 3.8) is 0 Å². The summed E-state index contributed by atoms with van der Waals surface area (Å²) < 4.78 is 7.64. The van der Waals surface area contributed by atoms with E-state index in [4.69, 9.17) is 10.5 Å². The quantitative estimate of drug-likeness (QED) is 0.921. The van der Waals surface area contributed by atoms with Gasteiger partial charge in [-0.2, -0.15) is 5.10 Å². The van der Waals surface area contributed by atoms with E-state index in [0.717, 1.165) is 22.6 Å². The van der Waals surface area contributed by atoms with Crippen molar-refractivity contribution in [2.45, 2.75) is 33.8 Å². The first kappa shape index (κ1) is 13.5. The first-order valence-corrected chi connectivity index (χ1v) is 6.47. The molecule has 2 rings (SSSR count). The van der Waals surface area contributed by atoms with Crippen molar-refractivity contribution in [3.8, 4) is 17.0 Å². The van der Waals surface area contributed by atoms with E-state index < -0.39 is 0 Å². The number of ether oxygens (including phenoxy) is 1. The summed E-state index contributed by atoms with van der Waals surface area (Å²) in [7, 11) is 1.84. The molecule has 4 heteroatoms. The third-order valence-electron chi connectivity index (χ3n) is 3.22. The zero-order valence-electron chi connectivity index (χ0n) is 12.2. The van der Waals surface area contributed by atoms with Gasteiger partial charge < -0.3 is 10.5 Å². The minimum Gasteiger partial charge on any atom is -0.490 e. The van der Waals surface area contributed by atoms with Gasteiger partial charge in [0.1, 0.15) is 11.6 Å². The topological polar surface area (TPSA) is 53.1 Å². The summed E-state index contributed by atoms with van der Waals surface area (Å²) >= 11 is 0. The fourth-order valence-electron chi connectivity index (χ4n) is 1.99. The van der Waals surface area contributed by atoms with Crippen molar-refractivity contribution in [2.24, 2.45) is 7.05 Å². The Hall–Kier alpha value is -1.97. The lowest BCUT2D eigenvalue weighted by molar-refractivity contribution is 0.241. The summed E-state index contributed by atoms with van der Waals surface area (Å²) in [6.45, 7) is 8.21. The van der Waals surface area contributed by atoms with Gasteiger partial charge in [0.05, 0.1) is 11.8 Å². The molecule has 0 unspecified atom stereocenters. The van der Waals surface area contributed by atoms with Crippen molar-refractivity contribution in [1.29, 1.82) is 0 Å². The average molecular weight is 259 g/mol. The maximum absolute atomic E-state index is 5.97. The largest absolute Gasteiger partial charge is 0.490 e. The molecule has 1 heterocycles. The number of hydrogen-bond acceptors (Lipinski definition) is 3. The van der Waals surface area contributed by atoms with Crippen LogP contribution in [-0.2, 0) is 7.05 Å². The number of nitrogen functional groups attached to an aromatic ring is 1. The molecule has 0 aliphatic heterocycles. The number of hydrogen-bond donors (Lipinski definition) is 1. The van der Waals surface area contributed by atoms with Gasteiger partial charge in [-0.1, -0.05) is 6.07 Å². The monoisotopic (exact) mass is 259 g/mol. The Morgan fingerprint density at radius 3 is 2.47 bits per heavy atom. The first-order valence-electron chi connectivity index (χ1n) is 6.47. The summed E-state index contributed by atoms with van der Waals surface area (Å²) in [5, 5.41) is 4.43. The molecule has 0 aliphatic rings. The summed E-state index contributed by atoms with van der Waals surface area (Å²) in [4.78, 5) is 0. The molecular weight excluding hydrogens is 238 g/mol. The summed E-state index contributed by atoms with van der Waals surface area (Å²) in [5.41, 5.74) is 10.1. The summed E-state index contributed by atoms with van der Waals surface area (Å²) in [5.74, 6) is 1.54. The zero-order valence-corrected chi connectivity index (χ0v) is 12.2. The molecule has 2 aromatic rings. The molecule has 2 N–H and O–H groups in total. The molecule has 0 saturated heterocycles. The molecule has 0 bridgehead atoms. The maximum atomic E-state index is 5.97. The van der Waals surface area contributed by atoms with E-state index in [1.807, 2.05) is 33.0 Å². The Labute approximate surface area is 114 Å². The maximum Gasteiger partial charge on any atom is 0.132 e. The minimum absolute atomic E-state index is 0.125. The molecule has 19 heavy (non-hydrogen) atoms. The highest BCUT2D eigenvalue weighted by atomic mass is 16.5. The number of anilines is 1. The van der Waals surface area contributed by atoms with E-state index in [1.165, 1.54) is 5.56 Å². The molecule has 0 fully saturated rings. The van der Waals surface area contributed by atoms with Gasteiger partial charge in [-0.3, -0.25) is 4.68 Å². The van der Waals surface area contributed by atoms with E-state index in [9.17, 15) is 0 Å². The Balaban J connectivity index is 2.59. The van der Waals surface area contributed by atoms with Crippen LogP contribution in [0, 0.1) is 13.8 Å². The zero-order chi connectivity index (χ0) is 14.2. The highest BCUT2D eigenvalue weighted by Crippen LogP contribution is 2.35. The lowest BCUT2D eigenvalue weighted by Gasteiger charge is -2.17. The second kappa shape index (κ2) is 4.96. The van der Waals surface area contributed by atoms with Crippen molar-refractivity contribution in [2.75, 3.05) is 5.73 Å². The molecular formula is C15H21N3O. The summed E-state index contributed by atoms with van der Waals surface area (Å²) in [6.07, 6.45) is 0.125. The molecule has 0 saturated carbocycles. The van der Waals surface area contributed by atoms with Gasteiger partial charge in [0.15, 0.2) is 0 Å². The van der Waals surface area contributed by atoms with Crippen molar-refractivity contribution in [3.05, 3.63) is 29.3 Å². The summed E-state index contributed by atoms with van der Waals surface area (Å²) in [6, 6.07) is 6.00. The van der Waals surface area contributed by atoms with Gasteiger partial charge in [0.25, 0.3) is 0 Å². The van der Waals surface area contributed by atoms with Crippen LogP contribution in [0.15, 0.2) is 18.2 Å². The molecule has 0 spiro atoms. The highest BCUT2D eigenvalue weighted by Gasteiger charge is 2.15. The van der Waals surface area contributed by atoms with Gasteiger partial charge in [-0.15, -0.1) is 0 Å². The van der Waals surface area contributed by atoms with Gasteiger partial charge >= 0.3 is 0 Å². The Kier molecular flexibility index (Phi) is 3.51. The third kappa shape index (κ3) is 2.57. The highest BCUT2D eigenvalue weighted by molar-refractivity contribution is 5.72. The smallest absolute Gasteiger partial charge is 0.132 e. The molecule has 1 aromatic carbocycles. The average Bonchev–Trinajstić information content (AvgIpc) is 2.65. The van der Waals surface area contributed by atoms with Crippen LogP contribution in [0.25, 0.3) is 11.3 Å². The van der Waals surface area contributed by atoms with Crippen LogP contribution in [0.5, 0.6) is 5.75 Å². The van der Waals surface area contributed by atoms with Crippen molar-refractivity contribution in [1.82, 2.24) is 9.78 Å². The molecule has 4 nitrogen and oxygen atoms in total. The van der Waals surface area contributed by atoms with Crippen LogP contribution < -0.4 is 10.5 Å². The van der Waals surface area contributed by atoms with Gasteiger partial charge in [-0.05, 0) is 44.9 Å². The fraction of sp³-hybridized carbons (Fsp3) is 0.400. The lowest BCUT2D eigenvalue weighted by atomic mass is 10.0. The van der Waals surface area contributed by atoms with Crippen LogP contribution in [0.4, 0.5) is 5.82 Å². The van der Waals surface area contributed by atoms with Gasteiger partial charge in [0, 0.05) is 18.7 Å². The molecule has 0 amide bonds. The number of rotatable bonds is 3. The van der Waals surface area contributed by atoms with E-state index in [1.54, 1.807) is 4.68 Å². The van der Waals surface area contributed by atoms with Crippen molar-refractivity contribution < 1.29 is 4.74 Å². The van der Waals surface area contributed by atoms with Crippen LogP contribution in [0.3, 0.4) is 0 Å². The molecule has 1 aromatic heterocycles. The number of nitrogens with two attached hydrogens (primary N) is 1. The predicted molar refractivity (Wildman–Crippen MR) is 78.3 cm³/mol. The first-order chi connectivity index (χ1) is 8.90. The molecule has 0 aliphatic carbocycles. The Bertz CT molecular complexity index is 580. The third-order valence-corrected chi connectivity index (χ3v) is 3.22. The Morgan fingerprint density at radius 2 is 1.95 bits per heavy atom. The van der Waals surface area contributed by atoms with E-state index in [0.29, 0.717) is 5.82 Å². The lowest BCUT2D eigenvalue weighted by Crippen LogP contribution is -2.08. The number of nitrogens with zero attached hydrogens (tertiary/aromatic N) is 2. The fourth-order valence-corrected chi connectivity index (χ4v) is 1.99. The standard InChI is InChI=1S/C15H21N3O/c1-9(2)19-15-11(4)10(3)6-7-12(15)13-8-14(16)18(5)17-13/h6-9H,16H2,1-5H3. The second-order valence-corrected chi connectivity index (χ2v) is 5.13. The van der Waals surface area contributed by atoms with Crippen LogP contribution in [-0.4, -0.2) is 15.9 Å². The van der Waals surface area contributed by atoms with Gasteiger partial charge in [-0.25, -0.2) is 0 Å². The molecule has 102 valence electrons. The number of aromatic nitrogens is 2. The second-order valence-electron chi connectivity index (χ2n) is 5.13. The number of benzene rings is 1. The Morgan fingerprint density at radius 1 is 1.26 bits per heavy atom. The van der Waals surface area contributed by atoms with Crippen LogP contribution >= 0.6 is 0 Å². The van der Waals surface area contributed by atoms with E-state index in [-0.39, 0.29) is 6.10 Å². The van der Waals surface area contributed by atoms with Crippen LogP contribution in [0.1, 0.15) is 25.0 Å². The number of aryl methyl sites for hydroxylation is 2. The SMILES string of the molecule is Cc1ccc(-c2cc(N)n(C)n2)c(OC(C)C)c1C. The van der Waals surface area contributed by atoms with Gasteiger partial charge in [0.2, 0.25) is 0 Å². The van der Waals surface area contributed by atoms with Crippen molar-refractivity contribution >= 4 is 5.82 Å². The predicted octanol–water partition coefficient (Wildman–Crippen LogP) is 3.07. The molecule has 0 radical (unpaired) electrons. The van der Waals surface area contributed by atoms with Crippen LogP contribution in [0.2, 0.25) is 0 Å². The normalized spacial score (nSPS) is 11.1. The minimum atomic E-state index is 0.125. The van der Waals surface area contributed by atoms with E-state index in [2.05, 4.69) is 25.0 Å². The molecule has 0 atom stereocenters.